The summed E-state index contributed by atoms with van der Waals surface area (Å²) in [5.74, 6) is 0.0622. The maximum absolute atomic E-state index is 10.9. The molecule has 4 nitrogen and oxygen atoms in total. The van der Waals surface area contributed by atoms with Crippen molar-refractivity contribution in [3.05, 3.63) is 33.9 Å². The Morgan fingerprint density at radius 3 is 2.86 bits per heavy atom. The molecule has 0 unspecified atom stereocenters. The van der Waals surface area contributed by atoms with Gasteiger partial charge in [-0.05, 0) is 18.6 Å². The number of carbonyl (C=O) groups is 1. The van der Waals surface area contributed by atoms with E-state index < -0.39 is 11.6 Å². The fourth-order valence-electron chi connectivity index (χ4n) is 0.980. The number of carboxylic acids is 1. The van der Waals surface area contributed by atoms with Crippen LogP contribution in [0.1, 0.15) is 11.3 Å². The number of aliphatic carboxylic acids is 1. The van der Waals surface area contributed by atoms with Crippen molar-refractivity contribution < 1.29 is 14.3 Å². The zero-order valence-corrected chi connectivity index (χ0v) is 8.47. The van der Waals surface area contributed by atoms with Gasteiger partial charge in [-0.2, -0.15) is 0 Å². The lowest BCUT2D eigenvalue weighted by molar-refractivity contribution is -0.133. The van der Waals surface area contributed by atoms with Gasteiger partial charge in [-0.1, -0.05) is 0 Å². The smallest absolute Gasteiger partial charge is 0.336 e. The molecule has 0 aliphatic carbocycles. The molecule has 0 radical (unpaired) electrons. The van der Waals surface area contributed by atoms with Crippen LogP contribution in [0.3, 0.4) is 0 Å². The van der Waals surface area contributed by atoms with Crippen molar-refractivity contribution in [2.75, 3.05) is 5.75 Å². The summed E-state index contributed by atoms with van der Waals surface area (Å²) >= 11 is 1.20. The number of rotatable bonds is 4. The Morgan fingerprint density at radius 1 is 1.57 bits per heavy atom. The maximum atomic E-state index is 10.9. The highest BCUT2D eigenvalue weighted by molar-refractivity contribution is 7.99. The molecule has 14 heavy (non-hydrogen) atoms. The monoisotopic (exact) mass is 214 g/mol. The highest BCUT2D eigenvalue weighted by Crippen LogP contribution is 2.11. The molecule has 0 atom stereocenters. The zero-order chi connectivity index (χ0) is 10.6. The van der Waals surface area contributed by atoms with E-state index in [1.807, 2.05) is 0 Å². The second kappa shape index (κ2) is 4.85. The van der Waals surface area contributed by atoms with Gasteiger partial charge < -0.3 is 9.52 Å². The van der Waals surface area contributed by atoms with E-state index in [0.29, 0.717) is 11.5 Å². The van der Waals surface area contributed by atoms with Gasteiger partial charge >= 0.3 is 11.6 Å². The van der Waals surface area contributed by atoms with E-state index in [2.05, 4.69) is 0 Å². The van der Waals surface area contributed by atoms with Crippen LogP contribution in [0.2, 0.25) is 0 Å². The van der Waals surface area contributed by atoms with Crippen LogP contribution < -0.4 is 5.63 Å². The summed E-state index contributed by atoms with van der Waals surface area (Å²) < 4.78 is 4.87. The van der Waals surface area contributed by atoms with Gasteiger partial charge in [0.1, 0.15) is 5.76 Å². The topological polar surface area (TPSA) is 67.5 Å². The Hall–Kier alpha value is -1.23. The highest BCUT2D eigenvalue weighted by atomic mass is 32.2. The van der Waals surface area contributed by atoms with E-state index in [1.165, 1.54) is 17.8 Å². The fraction of sp³-hybridized carbons (Fsp3) is 0.333. The normalized spacial score (nSPS) is 10.1. The van der Waals surface area contributed by atoms with Crippen LogP contribution in [0.4, 0.5) is 0 Å². The van der Waals surface area contributed by atoms with Crippen LogP contribution in [0.25, 0.3) is 0 Å². The van der Waals surface area contributed by atoms with Crippen LogP contribution >= 0.6 is 11.8 Å². The van der Waals surface area contributed by atoms with Crippen LogP contribution in [0.5, 0.6) is 0 Å². The molecule has 0 aromatic carbocycles. The highest BCUT2D eigenvalue weighted by Gasteiger charge is 2.01. The first-order chi connectivity index (χ1) is 6.58. The number of carboxylic acid groups (broad SMARTS) is 1. The van der Waals surface area contributed by atoms with Crippen molar-refractivity contribution in [1.82, 2.24) is 0 Å². The second-order valence-corrected chi connectivity index (χ2v) is 3.79. The van der Waals surface area contributed by atoms with E-state index in [9.17, 15) is 9.59 Å². The van der Waals surface area contributed by atoms with Gasteiger partial charge in [-0.15, -0.1) is 11.8 Å². The first kappa shape index (κ1) is 10.8. The molecule has 1 N–H and O–H groups in total. The molecule has 0 saturated carbocycles. The fourth-order valence-corrected chi connectivity index (χ4v) is 1.60. The van der Waals surface area contributed by atoms with Gasteiger partial charge in [0, 0.05) is 6.07 Å². The third-order valence-electron chi connectivity index (χ3n) is 1.44. The molecule has 1 aromatic heterocycles. The predicted octanol–water partition coefficient (Wildman–Crippen LogP) is 1.27. The van der Waals surface area contributed by atoms with E-state index >= 15 is 0 Å². The first-order valence-electron chi connectivity index (χ1n) is 3.98. The zero-order valence-electron chi connectivity index (χ0n) is 7.65. The van der Waals surface area contributed by atoms with Crippen LogP contribution in [0.15, 0.2) is 21.3 Å². The van der Waals surface area contributed by atoms with Gasteiger partial charge in [0.15, 0.2) is 0 Å². The third-order valence-corrected chi connectivity index (χ3v) is 2.38. The molecule has 0 bridgehead atoms. The SMILES string of the molecule is Cc1cc(CSCC(=O)O)oc(=O)c1. The van der Waals surface area contributed by atoms with Crippen molar-refractivity contribution in [3.63, 3.8) is 0 Å². The number of hydrogen-bond acceptors (Lipinski definition) is 4. The lowest BCUT2D eigenvalue weighted by Crippen LogP contribution is -2.02. The quantitative estimate of drug-likeness (QED) is 0.817. The summed E-state index contributed by atoms with van der Waals surface area (Å²) in [6.45, 7) is 1.79. The summed E-state index contributed by atoms with van der Waals surface area (Å²) in [4.78, 5) is 21.1. The third kappa shape index (κ3) is 3.66. The van der Waals surface area contributed by atoms with E-state index in [0.717, 1.165) is 5.56 Å². The molecule has 0 fully saturated rings. The van der Waals surface area contributed by atoms with Crippen molar-refractivity contribution >= 4 is 17.7 Å². The Labute approximate surface area is 84.9 Å². The average Bonchev–Trinajstić information content (AvgIpc) is 2.01. The Bertz CT molecular complexity index is 383. The molecule has 0 aliphatic rings. The maximum Gasteiger partial charge on any atom is 0.336 e. The molecular formula is C9H10O4S. The van der Waals surface area contributed by atoms with E-state index in [1.54, 1.807) is 13.0 Å². The minimum absolute atomic E-state index is 0.0116. The van der Waals surface area contributed by atoms with Crippen LogP contribution in [-0.2, 0) is 10.5 Å². The van der Waals surface area contributed by atoms with Crippen molar-refractivity contribution in [2.24, 2.45) is 0 Å². The van der Waals surface area contributed by atoms with Crippen molar-refractivity contribution in [3.8, 4) is 0 Å². The largest absolute Gasteiger partial charge is 0.481 e. The molecule has 0 amide bonds. The lowest BCUT2D eigenvalue weighted by Gasteiger charge is -1.98. The van der Waals surface area contributed by atoms with Gasteiger partial charge in [-0.3, -0.25) is 4.79 Å². The van der Waals surface area contributed by atoms with E-state index in [-0.39, 0.29) is 5.75 Å². The standard InChI is InChI=1S/C9H10O4S/c1-6-2-7(13-9(12)3-6)4-14-5-8(10)11/h2-3H,4-5H2,1H3,(H,10,11). The van der Waals surface area contributed by atoms with Crippen molar-refractivity contribution in [1.29, 1.82) is 0 Å². The molecule has 0 spiro atoms. The summed E-state index contributed by atoms with van der Waals surface area (Å²) in [6, 6.07) is 3.13. The Morgan fingerprint density at radius 2 is 2.29 bits per heavy atom. The first-order valence-corrected chi connectivity index (χ1v) is 5.13. The predicted molar refractivity (Wildman–Crippen MR) is 53.5 cm³/mol. The molecule has 1 rings (SSSR count). The molecule has 1 aromatic rings. The molecule has 0 saturated heterocycles. The summed E-state index contributed by atoms with van der Waals surface area (Å²) in [5, 5.41) is 8.39. The van der Waals surface area contributed by atoms with Crippen LogP contribution in [-0.4, -0.2) is 16.8 Å². The van der Waals surface area contributed by atoms with Crippen LogP contribution in [0, 0.1) is 6.92 Å². The van der Waals surface area contributed by atoms with Crippen molar-refractivity contribution in [2.45, 2.75) is 12.7 Å². The minimum Gasteiger partial charge on any atom is -0.481 e. The molecule has 0 aliphatic heterocycles. The number of aryl methyl sites for hydroxylation is 1. The lowest BCUT2D eigenvalue weighted by atomic mass is 10.3. The Balaban J connectivity index is 2.59. The molecular weight excluding hydrogens is 204 g/mol. The molecule has 1 heterocycles. The Kier molecular flexibility index (Phi) is 3.76. The van der Waals surface area contributed by atoms with E-state index in [4.69, 9.17) is 9.52 Å². The second-order valence-electron chi connectivity index (χ2n) is 2.81. The molecule has 76 valence electrons. The summed E-state index contributed by atoms with van der Waals surface area (Å²) in [5.41, 5.74) is 0.433. The summed E-state index contributed by atoms with van der Waals surface area (Å²) in [6.07, 6.45) is 0. The van der Waals surface area contributed by atoms with Gasteiger partial charge in [0.05, 0.1) is 11.5 Å². The molecule has 5 heteroatoms. The van der Waals surface area contributed by atoms with Gasteiger partial charge in [-0.25, -0.2) is 4.79 Å². The summed E-state index contributed by atoms with van der Waals surface area (Å²) in [7, 11) is 0. The van der Waals surface area contributed by atoms with Gasteiger partial charge in [0.25, 0.3) is 0 Å². The number of hydrogen-bond donors (Lipinski definition) is 1. The number of thioether (sulfide) groups is 1. The van der Waals surface area contributed by atoms with Gasteiger partial charge in [0.2, 0.25) is 0 Å². The average molecular weight is 214 g/mol. The minimum atomic E-state index is -0.870.